The van der Waals surface area contributed by atoms with Crippen LogP contribution >= 0.6 is 0 Å². The Bertz CT molecular complexity index is 350. The largest absolute Gasteiger partial charge is 0.369 e. The minimum Gasteiger partial charge on any atom is -0.369 e. The molecule has 3 N–H and O–H groups in total. The predicted octanol–water partition coefficient (Wildman–Crippen LogP) is -0.528. The molecule has 5 nitrogen and oxygen atoms in total. The van der Waals surface area contributed by atoms with E-state index in [-0.39, 0.29) is 6.42 Å². The third kappa shape index (κ3) is 1.58. The third-order valence-electron chi connectivity index (χ3n) is 1.93. The average molecular weight is 178 g/mol. The summed E-state index contributed by atoms with van der Waals surface area (Å²) in [7, 11) is 0. The van der Waals surface area contributed by atoms with Crippen LogP contribution in [0.2, 0.25) is 0 Å². The molecule has 68 valence electrons. The van der Waals surface area contributed by atoms with Gasteiger partial charge in [-0.25, -0.2) is 9.97 Å². The highest BCUT2D eigenvalue weighted by Crippen LogP contribution is 2.17. The molecule has 0 atom stereocenters. The number of nitrogens with two attached hydrogens (primary N) is 1. The van der Waals surface area contributed by atoms with Crippen LogP contribution in [0.4, 0.5) is 5.82 Å². The van der Waals surface area contributed by atoms with E-state index in [9.17, 15) is 4.79 Å². The van der Waals surface area contributed by atoms with Crippen LogP contribution in [0.1, 0.15) is 11.4 Å². The van der Waals surface area contributed by atoms with E-state index in [2.05, 4.69) is 15.3 Å². The van der Waals surface area contributed by atoms with E-state index in [0.717, 1.165) is 24.3 Å². The Labute approximate surface area is 75.4 Å². The molecule has 1 aromatic heterocycles. The van der Waals surface area contributed by atoms with E-state index in [1.165, 1.54) is 0 Å². The molecule has 2 heterocycles. The second-order valence-electron chi connectivity index (χ2n) is 2.98. The Morgan fingerprint density at radius 3 is 3.31 bits per heavy atom. The van der Waals surface area contributed by atoms with Crippen molar-refractivity contribution in [1.29, 1.82) is 0 Å². The van der Waals surface area contributed by atoms with Gasteiger partial charge in [0.15, 0.2) is 0 Å². The van der Waals surface area contributed by atoms with Crippen LogP contribution < -0.4 is 11.1 Å². The molecule has 1 amide bonds. The summed E-state index contributed by atoms with van der Waals surface area (Å²) in [4.78, 5) is 18.8. The van der Waals surface area contributed by atoms with E-state index in [1.54, 1.807) is 6.20 Å². The lowest BCUT2D eigenvalue weighted by Gasteiger charge is -2.00. The lowest BCUT2D eigenvalue weighted by atomic mass is 10.2. The molecule has 0 radical (unpaired) electrons. The van der Waals surface area contributed by atoms with E-state index in [0.29, 0.717) is 5.82 Å². The maximum atomic E-state index is 10.6. The van der Waals surface area contributed by atoms with E-state index >= 15 is 0 Å². The molecule has 13 heavy (non-hydrogen) atoms. The zero-order valence-electron chi connectivity index (χ0n) is 7.08. The summed E-state index contributed by atoms with van der Waals surface area (Å²) in [6.07, 6.45) is 2.81. The monoisotopic (exact) mass is 178 g/mol. The first kappa shape index (κ1) is 7.97. The van der Waals surface area contributed by atoms with Crippen molar-refractivity contribution in [3.05, 3.63) is 17.6 Å². The zero-order valence-corrected chi connectivity index (χ0v) is 7.08. The molecule has 0 saturated heterocycles. The van der Waals surface area contributed by atoms with Gasteiger partial charge in [0.2, 0.25) is 5.91 Å². The molecule has 2 rings (SSSR count). The van der Waals surface area contributed by atoms with E-state index in [4.69, 9.17) is 5.73 Å². The fourth-order valence-corrected chi connectivity index (χ4v) is 1.34. The summed E-state index contributed by atoms with van der Waals surface area (Å²) in [6.45, 7) is 0.893. The van der Waals surface area contributed by atoms with Crippen LogP contribution in [-0.4, -0.2) is 22.4 Å². The van der Waals surface area contributed by atoms with Crippen LogP contribution in [0.25, 0.3) is 0 Å². The Morgan fingerprint density at radius 2 is 2.54 bits per heavy atom. The van der Waals surface area contributed by atoms with Crippen LogP contribution in [0.3, 0.4) is 0 Å². The number of carbonyl (C=O) groups excluding carboxylic acids is 1. The van der Waals surface area contributed by atoms with Crippen molar-refractivity contribution < 1.29 is 4.79 Å². The van der Waals surface area contributed by atoms with Crippen LogP contribution in [0.5, 0.6) is 0 Å². The van der Waals surface area contributed by atoms with Crippen LogP contribution in [-0.2, 0) is 17.6 Å². The lowest BCUT2D eigenvalue weighted by molar-refractivity contribution is -0.117. The Balaban J connectivity index is 2.25. The number of fused-ring (bicyclic) bond motifs is 1. The van der Waals surface area contributed by atoms with Crippen molar-refractivity contribution in [1.82, 2.24) is 9.97 Å². The highest BCUT2D eigenvalue weighted by atomic mass is 16.1. The van der Waals surface area contributed by atoms with Gasteiger partial charge in [-0.15, -0.1) is 0 Å². The topological polar surface area (TPSA) is 80.9 Å². The molecule has 1 aliphatic heterocycles. The molecule has 0 saturated carbocycles. The second-order valence-corrected chi connectivity index (χ2v) is 2.98. The van der Waals surface area contributed by atoms with Gasteiger partial charge in [-0.1, -0.05) is 0 Å². The van der Waals surface area contributed by atoms with Crippen molar-refractivity contribution in [2.75, 3.05) is 11.9 Å². The highest BCUT2D eigenvalue weighted by molar-refractivity contribution is 5.75. The molecule has 0 spiro atoms. The summed E-state index contributed by atoms with van der Waals surface area (Å²) in [5.41, 5.74) is 6.14. The minimum absolute atomic E-state index is 0.106. The van der Waals surface area contributed by atoms with Crippen molar-refractivity contribution in [3.63, 3.8) is 0 Å². The van der Waals surface area contributed by atoms with Crippen LogP contribution in [0, 0.1) is 0 Å². The van der Waals surface area contributed by atoms with Gasteiger partial charge < -0.3 is 11.1 Å². The van der Waals surface area contributed by atoms with Gasteiger partial charge in [0.25, 0.3) is 0 Å². The summed E-state index contributed by atoms with van der Waals surface area (Å²) in [5, 5.41) is 3.11. The number of primary amides is 1. The molecule has 1 aromatic rings. The Hall–Kier alpha value is -1.65. The highest BCUT2D eigenvalue weighted by Gasteiger charge is 2.13. The number of hydrogen-bond acceptors (Lipinski definition) is 4. The quantitative estimate of drug-likeness (QED) is 0.638. The van der Waals surface area contributed by atoms with E-state index in [1.807, 2.05) is 0 Å². The molecule has 0 aliphatic carbocycles. The maximum absolute atomic E-state index is 10.6. The van der Waals surface area contributed by atoms with Crippen LogP contribution in [0.15, 0.2) is 6.20 Å². The first-order chi connectivity index (χ1) is 6.25. The number of nitrogens with one attached hydrogen (secondary N) is 1. The Kier molecular flexibility index (Phi) is 1.84. The van der Waals surface area contributed by atoms with Gasteiger partial charge in [-0.05, 0) is 6.42 Å². The summed E-state index contributed by atoms with van der Waals surface area (Å²) in [5.74, 6) is 0.921. The molecule has 0 unspecified atom stereocenters. The van der Waals surface area contributed by atoms with Gasteiger partial charge in [-0.3, -0.25) is 4.79 Å². The van der Waals surface area contributed by atoms with Crippen molar-refractivity contribution in [2.24, 2.45) is 5.73 Å². The average Bonchev–Trinajstić information content (AvgIpc) is 2.49. The van der Waals surface area contributed by atoms with E-state index < -0.39 is 5.91 Å². The van der Waals surface area contributed by atoms with Gasteiger partial charge >= 0.3 is 0 Å². The molecule has 0 fully saturated rings. The lowest BCUT2D eigenvalue weighted by Crippen LogP contribution is -2.15. The normalized spacial score (nSPS) is 13.5. The molecule has 0 aromatic carbocycles. The maximum Gasteiger partial charge on any atom is 0.225 e. The van der Waals surface area contributed by atoms with Crippen molar-refractivity contribution >= 4 is 11.7 Å². The number of amides is 1. The minimum atomic E-state index is -0.405. The molecule has 5 heteroatoms. The molecule has 0 bridgehead atoms. The molecular weight excluding hydrogens is 168 g/mol. The molecule has 1 aliphatic rings. The van der Waals surface area contributed by atoms with Gasteiger partial charge in [0, 0.05) is 18.3 Å². The van der Waals surface area contributed by atoms with Gasteiger partial charge in [0.05, 0.1) is 6.42 Å². The third-order valence-corrected chi connectivity index (χ3v) is 1.93. The first-order valence-electron chi connectivity index (χ1n) is 4.12. The standard InChI is InChI=1S/C8H10N4O/c9-6(13)3-7-11-4-5-1-2-10-8(5)12-7/h4H,1-3H2,(H2,9,13)(H,10,11,12). The smallest absolute Gasteiger partial charge is 0.225 e. The van der Waals surface area contributed by atoms with Gasteiger partial charge in [0.1, 0.15) is 11.6 Å². The first-order valence-corrected chi connectivity index (χ1v) is 4.12. The fraction of sp³-hybridized carbons (Fsp3) is 0.375. The SMILES string of the molecule is NC(=O)Cc1ncc2c(n1)NCC2. The van der Waals surface area contributed by atoms with Crippen molar-refractivity contribution in [3.8, 4) is 0 Å². The Morgan fingerprint density at radius 1 is 1.69 bits per heavy atom. The number of hydrogen-bond donors (Lipinski definition) is 2. The summed E-state index contributed by atoms with van der Waals surface area (Å²) in [6, 6.07) is 0. The van der Waals surface area contributed by atoms with Gasteiger partial charge in [-0.2, -0.15) is 0 Å². The number of aromatic nitrogens is 2. The summed E-state index contributed by atoms with van der Waals surface area (Å²) >= 11 is 0. The second kappa shape index (κ2) is 3.01. The number of nitrogens with zero attached hydrogens (tertiary/aromatic N) is 2. The summed E-state index contributed by atoms with van der Waals surface area (Å²) < 4.78 is 0. The van der Waals surface area contributed by atoms with Crippen molar-refractivity contribution in [2.45, 2.75) is 12.8 Å². The number of carbonyl (C=O) groups is 1. The molecular formula is C8H10N4O. The fourth-order valence-electron chi connectivity index (χ4n) is 1.34. The predicted molar refractivity (Wildman–Crippen MR) is 47.1 cm³/mol. The number of anilines is 1. The number of rotatable bonds is 2. The zero-order chi connectivity index (χ0) is 9.26.